The summed E-state index contributed by atoms with van der Waals surface area (Å²) in [5.74, 6) is 1.44. The molecule has 6 heteroatoms. The summed E-state index contributed by atoms with van der Waals surface area (Å²) in [6.07, 6.45) is 0. The fourth-order valence-electron chi connectivity index (χ4n) is 2.02. The van der Waals surface area contributed by atoms with Gasteiger partial charge in [-0.05, 0) is 53.9 Å². The van der Waals surface area contributed by atoms with Gasteiger partial charge in [0, 0.05) is 13.1 Å². The lowest BCUT2D eigenvalue weighted by Crippen LogP contribution is -2.36. The molecule has 0 saturated carbocycles. The normalized spacial score (nSPS) is 11.3. The highest BCUT2D eigenvalue weighted by atomic mass is 32.1. The number of phenolic OH excluding ortho intramolecular Hbond substituents is 1. The van der Waals surface area contributed by atoms with Crippen molar-refractivity contribution in [3.8, 4) is 11.5 Å². The lowest BCUT2D eigenvalue weighted by molar-refractivity contribution is 0.317. The van der Waals surface area contributed by atoms with E-state index in [4.69, 9.17) is 4.74 Å². The molecule has 0 unspecified atom stereocenters. The molecule has 0 radical (unpaired) electrons. The Morgan fingerprint density at radius 3 is 2.78 bits per heavy atom. The average Bonchev–Trinajstić information content (AvgIpc) is 3.06. The van der Waals surface area contributed by atoms with Crippen LogP contribution in [0.1, 0.15) is 25.0 Å². The summed E-state index contributed by atoms with van der Waals surface area (Å²) < 4.78 is 5.41. The molecular weight excluding hydrogens is 310 g/mol. The van der Waals surface area contributed by atoms with E-state index in [0.29, 0.717) is 25.4 Å². The highest BCUT2D eigenvalue weighted by molar-refractivity contribution is 7.07. The van der Waals surface area contributed by atoms with E-state index in [1.807, 2.05) is 26.0 Å². The van der Waals surface area contributed by atoms with E-state index >= 15 is 0 Å². The van der Waals surface area contributed by atoms with Crippen molar-refractivity contribution in [3.63, 3.8) is 0 Å². The second-order valence-electron chi connectivity index (χ2n) is 4.92. The number of thiophene rings is 1. The number of hydrogen-bond acceptors (Lipinski definition) is 4. The third kappa shape index (κ3) is 5.49. The number of aliphatic imine (C=N–C) groups is 1. The third-order valence-electron chi connectivity index (χ3n) is 3.13. The molecule has 0 atom stereocenters. The fourth-order valence-corrected chi connectivity index (χ4v) is 2.68. The first-order valence-electron chi connectivity index (χ1n) is 7.70. The van der Waals surface area contributed by atoms with Crippen molar-refractivity contribution in [1.29, 1.82) is 0 Å². The Hall–Kier alpha value is -2.21. The molecular formula is C17H23N3O2S. The molecule has 0 spiro atoms. The predicted molar refractivity (Wildman–Crippen MR) is 95.3 cm³/mol. The van der Waals surface area contributed by atoms with Crippen LogP contribution >= 0.6 is 11.3 Å². The topological polar surface area (TPSA) is 65.9 Å². The zero-order valence-electron chi connectivity index (χ0n) is 13.5. The highest BCUT2D eigenvalue weighted by Gasteiger charge is 2.04. The van der Waals surface area contributed by atoms with Crippen molar-refractivity contribution in [3.05, 3.63) is 46.2 Å². The van der Waals surface area contributed by atoms with Gasteiger partial charge in [-0.1, -0.05) is 6.07 Å². The minimum atomic E-state index is 0.161. The van der Waals surface area contributed by atoms with Crippen LogP contribution in [0, 0.1) is 0 Å². The number of ether oxygens (including phenoxy) is 1. The zero-order valence-corrected chi connectivity index (χ0v) is 14.3. The Morgan fingerprint density at radius 2 is 2.09 bits per heavy atom. The van der Waals surface area contributed by atoms with E-state index in [1.165, 1.54) is 5.56 Å². The van der Waals surface area contributed by atoms with E-state index in [-0.39, 0.29) is 5.75 Å². The molecule has 1 aromatic carbocycles. The van der Waals surface area contributed by atoms with E-state index < -0.39 is 0 Å². The smallest absolute Gasteiger partial charge is 0.191 e. The van der Waals surface area contributed by atoms with Crippen molar-refractivity contribution in [2.75, 3.05) is 13.2 Å². The number of hydrogen-bond donors (Lipinski definition) is 3. The van der Waals surface area contributed by atoms with Gasteiger partial charge in [0.15, 0.2) is 17.5 Å². The minimum absolute atomic E-state index is 0.161. The predicted octanol–water partition coefficient (Wildman–Crippen LogP) is 3.11. The molecule has 0 fully saturated rings. The fraction of sp³-hybridized carbons (Fsp3) is 0.353. The quantitative estimate of drug-likeness (QED) is 0.538. The van der Waals surface area contributed by atoms with Crippen LogP contribution in [0.3, 0.4) is 0 Å². The maximum Gasteiger partial charge on any atom is 0.191 e. The van der Waals surface area contributed by atoms with Crippen molar-refractivity contribution in [2.24, 2.45) is 4.99 Å². The molecule has 23 heavy (non-hydrogen) atoms. The second-order valence-corrected chi connectivity index (χ2v) is 5.70. The van der Waals surface area contributed by atoms with Gasteiger partial charge in [-0.15, -0.1) is 0 Å². The van der Waals surface area contributed by atoms with Crippen molar-refractivity contribution < 1.29 is 9.84 Å². The van der Waals surface area contributed by atoms with Crippen molar-refractivity contribution >= 4 is 17.3 Å². The van der Waals surface area contributed by atoms with Crippen molar-refractivity contribution in [2.45, 2.75) is 26.9 Å². The van der Waals surface area contributed by atoms with E-state index in [1.54, 1.807) is 17.4 Å². The summed E-state index contributed by atoms with van der Waals surface area (Å²) in [7, 11) is 0. The molecule has 3 N–H and O–H groups in total. The Labute approximate surface area is 141 Å². The summed E-state index contributed by atoms with van der Waals surface area (Å²) in [4.78, 5) is 4.57. The van der Waals surface area contributed by atoms with Gasteiger partial charge in [-0.2, -0.15) is 11.3 Å². The summed E-state index contributed by atoms with van der Waals surface area (Å²) in [5, 5.41) is 20.4. The monoisotopic (exact) mass is 333 g/mol. The summed E-state index contributed by atoms with van der Waals surface area (Å²) in [6, 6.07) is 7.44. The van der Waals surface area contributed by atoms with E-state index in [0.717, 1.165) is 18.1 Å². The molecule has 124 valence electrons. The molecule has 1 aromatic heterocycles. The molecule has 0 aliphatic carbocycles. The van der Waals surface area contributed by atoms with Gasteiger partial charge >= 0.3 is 0 Å². The van der Waals surface area contributed by atoms with Gasteiger partial charge in [0.25, 0.3) is 0 Å². The lowest BCUT2D eigenvalue weighted by atomic mass is 10.2. The van der Waals surface area contributed by atoms with Crippen LogP contribution in [0.5, 0.6) is 11.5 Å². The van der Waals surface area contributed by atoms with Crippen LogP contribution in [-0.4, -0.2) is 24.2 Å². The summed E-state index contributed by atoms with van der Waals surface area (Å²) in [5.41, 5.74) is 2.22. The number of nitrogens with one attached hydrogen (secondary N) is 2. The Balaban J connectivity index is 1.97. The molecule has 0 amide bonds. The maximum absolute atomic E-state index is 9.74. The molecule has 1 heterocycles. The van der Waals surface area contributed by atoms with Gasteiger partial charge in [-0.3, -0.25) is 0 Å². The van der Waals surface area contributed by atoms with Gasteiger partial charge < -0.3 is 20.5 Å². The van der Waals surface area contributed by atoms with Gasteiger partial charge in [-0.25, -0.2) is 4.99 Å². The number of nitrogens with zero attached hydrogens (tertiary/aromatic N) is 1. The number of guanidine groups is 1. The van der Waals surface area contributed by atoms with Gasteiger partial charge in [0.05, 0.1) is 13.2 Å². The molecule has 0 aliphatic heterocycles. The third-order valence-corrected chi connectivity index (χ3v) is 3.86. The number of benzene rings is 1. The van der Waals surface area contributed by atoms with Gasteiger partial charge in [0.1, 0.15) is 0 Å². The number of phenols is 1. The van der Waals surface area contributed by atoms with E-state index in [2.05, 4.69) is 32.5 Å². The maximum atomic E-state index is 9.74. The van der Waals surface area contributed by atoms with Crippen LogP contribution in [-0.2, 0) is 13.1 Å². The summed E-state index contributed by atoms with van der Waals surface area (Å²) in [6.45, 7) is 6.51. The molecule has 0 saturated heterocycles. The second kappa shape index (κ2) is 9.05. The first-order valence-corrected chi connectivity index (χ1v) is 8.65. The number of aromatic hydroxyl groups is 1. The van der Waals surface area contributed by atoms with Crippen molar-refractivity contribution in [1.82, 2.24) is 10.6 Å². The van der Waals surface area contributed by atoms with Crippen LogP contribution in [0.4, 0.5) is 0 Å². The molecule has 2 rings (SSSR count). The largest absolute Gasteiger partial charge is 0.504 e. The molecule has 2 aromatic rings. The van der Waals surface area contributed by atoms with Crippen LogP contribution in [0.25, 0.3) is 0 Å². The molecule has 5 nitrogen and oxygen atoms in total. The van der Waals surface area contributed by atoms with Crippen LogP contribution in [0.2, 0.25) is 0 Å². The van der Waals surface area contributed by atoms with E-state index in [9.17, 15) is 5.11 Å². The lowest BCUT2D eigenvalue weighted by Gasteiger charge is -2.12. The standard InChI is InChI=1S/C17H23N3O2S/c1-3-18-17(20-11-14-7-8-23-12-14)19-10-13-5-6-15(21)16(9-13)22-4-2/h5-9,12,21H,3-4,10-11H2,1-2H3,(H2,18,19,20). The van der Waals surface area contributed by atoms with Gasteiger partial charge in [0.2, 0.25) is 0 Å². The molecule has 0 bridgehead atoms. The minimum Gasteiger partial charge on any atom is -0.504 e. The Morgan fingerprint density at radius 1 is 1.22 bits per heavy atom. The summed E-state index contributed by atoms with van der Waals surface area (Å²) >= 11 is 1.67. The zero-order chi connectivity index (χ0) is 16.5. The highest BCUT2D eigenvalue weighted by Crippen LogP contribution is 2.26. The average molecular weight is 333 g/mol. The Kier molecular flexibility index (Phi) is 6.75. The Bertz CT molecular complexity index is 627. The first kappa shape index (κ1) is 17.1. The molecule has 0 aliphatic rings. The first-order chi connectivity index (χ1) is 11.2. The SMILES string of the molecule is CCNC(=NCc1ccsc1)NCc1ccc(O)c(OCC)c1. The van der Waals surface area contributed by atoms with Crippen LogP contribution < -0.4 is 15.4 Å². The van der Waals surface area contributed by atoms with Crippen LogP contribution in [0.15, 0.2) is 40.0 Å². The number of rotatable bonds is 7.